The fourth-order valence-corrected chi connectivity index (χ4v) is 2.19. The molecule has 0 N–H and O–H groups in total. The third-order valence-corrected chi connectivity index (χ3v) is 3.50. The molecule has 4 nitrogen and oxygen atoms in total. The first-order valence-corrected chi connectivity index (χ1v) is 8.22. The topological polar surface area (TPSA) is 40.0 Å². The predicted octanol–water partition coefficient (Wildman–Crippen LogP) is 4.89. The SMILES string of the molecule is C=CC=C(C=C)OCc1ccc(OCC(=NOC)c2ccccc2)cc1. The minimum absolute atomic E-state index is 0.316. The lowest BCUT2D eigenvalue weighted by atomic mass is 10.1. The summed E-state index contributed by atoms with van der Waals surface area (Å²) in [6.07, 6.45) is 5.09. The molecular formula is C22H23NO3. The second-order valence-electron chi connectivity index (χ2n) is 5.32. The Bertz CT molecular complexity index is 762. The van der Waals surface area contributed by atoms with Gasteiger partial charge in [0.1, 0.15) is 37.5 Å². The van der Waals surface area contributed by atoms with E-state index in [4.69, 9.17) is 14.3 Å². The van der Waals surface area contributed by atoms with E-state index in [2.05, 4.69) is 18.3 Å². The zero-order valence-corrected chi connectivity index (χ0v) is 14.9. The molecule has 0 unspecified atom stereocenters. The second-order valence-corrected chi connectivity index (χ2v) is 5.32. The van der Waals surface area contributed by atoms with Crippen LogP contribution in [0.2, 0.25) is 0 Å². The van der Waals surface area contributed by atoms with Gasteiger partial charge in [-0.15, -0.1) is 0 Å². The lowest BCUT2D eigenvalue weighted by Crippen LogP contribution is -2.13. The summed E-state index contributed by atoms with van der Waals surface area (Å²) in [5.74, 6) is 1.43. The van der Waals surface area contributed by atoms with Gasteiger partial charge < -0.3 is 14.3 Å². The van der Waals surface area contributed by atoms with Gasteiger partial charge in [-0.25, -0.2) is 0 Å². The van der Waals surface area contributed by atoms with Crippen LogP contribution in [0.3, 0.4) is 0 Å². The number of oxime groups is 1. The molecule has 2 rings (SSSR count). The zero-order valence-electron chi connectivity index (χ0n) is 14.9. The van der Waals surface area contributed by atoms with Gasteiger partial charge in [-0.3, -0.25) is 0 Å². The van der Waals surface area contributed by atoms with Crippen molar-refractivity contribution >= 4 is 5.71 Å². The first kappa shape index (κ1) is 19.1. The minimum Gasteiger partial charge on any atom is -0.489 e. The number of nitrogens with zero attached hydrogens (tertiary/aromatic N) is 1. The molecule has 0 saturated carbocycles. The molecule has 26 heavy (non-hydrogen) atoms. The summed E-state index contributed by atoms with van der Waals surface area (Å²) in [6.45, 7) is 8.12. The normalized spacial score (nSPS) is 11.6. The molecule has 0 bridgehead atoms. The van der Waals surface area contributed by atoms with Crippen LogP contribution < -0.4 is 4.74 Å². The summed E-state index contributed by atoms with van der Waals surface area (Å²) in [6, 6.07) is 17.5. The monoisotopic (exact) mass is 349 g/mol. The molecule has 0 saturated heterocycles. The van der Waals surface area contributed by atoms with Crippen molar-refractivity contribution in [3.05, 3.63) is 103 Å². The highest BCUT2D eigenvalue weighted by Gasteiger charge is 2.06. The first-order valence-electron chi connectivity index (χ1n) is 8.22. The summed E-state index contributed by atoms with van der Waals surface area (Å²) in [5.41, 5.74) is 2.72. The summed E-state index contributed by atoms with van der Waals surface area (Å²) in [7, 11) is 1.52. The van der Waals surface area contributed by atoms with Crippen LogP contribution in [0.4, 0.5) is 0 Å². The second kappa shape index (κ2) is 10.6. The Morgan fingerprint density at radius 1 is 1.04 bits per heavy atom. The average molecular weight is 349 g/mol. The lowest BCUT2D eigenvalue weighted by Gasteiger charge is -2.10. The maximum Gasteiger partial charge on any atom is 0.134 e. The molecule has 0 aliphatic rings. The molecule has 134 valence electrons. The highest BCUT2D eigenvalue weighted by Crippen LogP contribution is 2.15. The highest BCUT2D eigenvalue weighted by atomic mass is 16.6. The molecule has 0 fully saturated rings. The zero-order chi connectivity index (χ0) is 18.6. The van der Waals surface area contributed by atoms with Crippen molar-refractivity contribution in [2.75, 3.05) is 13.7 Å². The molecular weight excluding hydrogens is 326 g/mol. The van der Waals surface area contributed by atoms with Gasteiger partial charge in [-0.1, -0.05) is 66.9 Å². The highest BCUT2D eigenvalue weighted by molar-refractivity contribution is 6.01. The Morgan fingerprint density at radius 3 is 2.38 bits per heavy atom. The molecule has 0 aliphatic carbocycles. The number of benzene rings is 2. The van der Waals surface area contributed by atoms with Crippen LogP contribution >= 0.6 is 0 Å². The van der Waals surface area contributed by atoms with Crippen LogP contribution in [0.25, 0.3) is 0 Å². The van der Waals surface area contributed by atoms with Crippen molar-refractivity contribution in [2.45, 2.75) is 6.61 Å². The third-order valence-electron chi connectivity index (χ3n) is 3.50. The van der Waals surface area contributed by atoms with Crippen molar-refractivity contribution in [1.29, 1.82) is 0 Å². The Balaban J connectivity index is 1.94. The number of hydrogen-bond acceptors (Lipinski definition) is 4. The summed E-state index contributed by atoms with van der Waals surface area (Å²) in [5, 5.41) is 4.05. The van der Waals surface area contributed by atoms with E-state index >= 15 is 0 Å². The molecule has 0 amide bonds. The molecule has 0 radical (unpaired) electrons. The smallest absolute Gasteiger partial charge is 0.134 e. The van der Waals surface area contributed by atoms with Crippen LogP contribution in [-0.4, -0.2) is 19.4 Å². The van der Waals surface area contributed by atoms with Crippen molar-refractivity contribution < 1.29 is 14.3 Å². The number of hydrogen-bond donors (Lipinski definition) is 0. The van der Waals surface area contributed by atoms with Gasteiger partial charge in [0.05, 0.1) is 0 Å². The summed E-state index contributed by atoms with van der Waals surface area (Å²) in [4.78, 5) is 4.92. The van der Waals surface area contributed by atoms with Crippen molar-refractivity contribution in [1.82, 2.24) is 0 Å². The number of ether oxygens (including phenoxy) is 2. The summed E-state index contributed by atoms with van der Waals surface area (Å²) >= 11 is 0. The Kier molecular flexibility index (Phi) is 7.74. The predicted molar refractivity (Wildman–Crippen MR) is 105 cm³/mol. The quantitative estimate of drug-likeness (QED) is 0.265. The van der Waals surface area contributed by atoms with Gasteiger partial charge >= 0.3 is 0 Å². The largest absolute Gasteiger partial charge is 0.489 e. The fourth-order valence-electron chi connectivity index (χ4n) is 2.19. The standard InChI is InChI=1S/C22H23NO3/c1-4-9-20(5-2)25-16-18-12-14-21(15-13-18)26-17-22(23-24-3)19-10-7-6-8-11-19/h4-15H,1-2,16-17H2,3H3. The molecule has 4 heteroatoms. The van der Waals surface area contributed by atoms with Crippen LogP contribution in [0, 0.1) is 0 Å². The van der Waals surface area contributed by atoms with Crippen LogP contribution in [0.5, 0.6) is 5.75 Å². The third kappa shape index (κ3) is 5.98. The van der Waals surface area contributed by atoms with E-state index in [1.165, 1.54) is 7.11 Å². The van der Waals surface area contributed by atoms with Crippen molar-refractivity contribution in [3.8, 4) is 5.75 Å². The Hall–Kier alpha value is -3.27. The van der Waals surface area contributed by atoms with Gasteiger partial charge in [0.15, 0.2) is 0 Å². The van der Waals surface area contributed by atoms with E-state index in [0.717, 1.165) is 22.6 Å². The van der Waals surface area contributed by atoms with Crippen molar-refractivity contribution in [2.24, 2.45) is 5.16 Å². The van der Waals surface area contributed by atoms with Crippen molar-refractivity contribution in [3.63, 3.8) is 0 Å². The molecule has 2 aromatic carbocycles. The minimum atomic E-state index is 0.316. The maximum absolute atomic E-state index is 5.82. The van der Waals surface area contributed by atoms with Crippen LogP contribution in [0.15, 0.2) is 96.9 Å². The molecule has 0 heterocycles. The summed E-state index contributed by atoms with van der Waals surface area (Å²) < 4.78 is 11.5. The van der Waals surface area contributed by atoms with Crippen LogP contribution in [-0.2, 0) is 16.2 Å². The van der Waals surface area contributed by atoms with Gasteiger partial charge in [0.25, 0.3) is 0 Å². The molecule has 0 aliphatic heterocycles. The first-order chi connectivity index (χ1) is 12.8. The molecule has 0 spiro atoms. The number of allylic oxidation sites excluding steroid dienone is 3. The van der Waals surface area contributed by atoms with E-state index in [1.54, 1.807) is 18.2 Å². The molecule has 0 aromatic heterocycles. The fraction of sp³-hybridized carbons (Fsp3) is 0.136. The lowest BCUT2D eigenvalue weighted by molar-refractivity contribution is 0.210. The van der Waals surface area contributed by atoms with Gasteiger partial charge in [-0.05, 0) is 29.8 Å². The van der Waals surface area contributed by atoms with E-state index < -0.39 is 0 Å². The van der Waals surface area contributed by atoms with E-state index in [-0.39, 0.29) is 0 Å². The van der Waals surface area contributed by atoms with Crippen LogP contribution in [0.1, 0.15) is 11.1 Å². The maximum atomic E-state index is 5.82. The number of rotatable bonds is 10. The Labute approximate surface area is 154 Å². The van der Waals surface area contributed by atoms with E-state index in [1.807, 2.05) is 54.6 Å². The Morgan fingerprint density at radius 2 is 1.77 bits per heavy atom. The molecule has 0 atom stereocenters. The van der Waals surface area contributed by atoms with E-state index in [9.17, 15) is 0 Å². The van der Waals surface area contributed by atoms with E-state index in [0.29, 0.717) is 19.0 Å². The molecule has 2 aromatic rings. The van der Waals surface area contributed by atoms with Gasteiger partial charge in [0, 0.05) is 5.56 Å². The van der Waals surface area contributed by atoms with Gasteiger partial charge in [-0.2, -0.15) is 0 Å². The average Bonchev–Trinajstić information content (AvgIpc) is 2.70. The van der Waals surface area contributed by atoms with Gasteiger partial charge in [0.2, 0.25) is 0 Å².